The third kappa shape index (κ3) is 2.03. The number of morpholine rings is 1. The van der Waals surface area contributed by atoms with Gasteiger partial charge in [-0.25, -0.2) is 0 Å². The summed E-state index contributed by atoms with van der Waals surface area (Å²) in [6.45, 7) is 5.47. The largest absolute Gasteiger partial charge is 0.378 e. The van der Waals surface area contributed by atoms with Gasteiger partial charge in [0.25, 0.3) is 5.78 Å². The second-order valence-corrected chi connectivity index (χ2v) is 7.33. The molecule has 1 N–H and O–H groups in total. The van der Waals surface area contributed by atoms with Crippen LogP contribution in [-0.4, -0.2) is 64.9 Å². The lowest BCUT2D eigenvalue weighted by Crippen LogP contribution is -3.08. The van der Waals surface area contributed by atoms with Crippen molar-refractivity contribution in [2.45, 2.75) is 13.0 Å². The Labute approximate surface area is 136 Å². The van der Waals surface area contributed by atoms with Crippen molar-refractivity contribution < 1.29 is 9.64 Å². The van der Waals surface area contributed by atoms with Crippen LogP contribution in [0.15, 0.2) is 0 Å². The molecule has 1 saturated heterocycles. The molecule has 1 fully saturated rings. The summed E-state index contributed by atoms with van der Waals surface area (Å²) in [4.78, 5) is 11.2. The number of thiophene rings is 1. The van der Waals surface area contributed by atoms with Gasteiger partial charge in [-0.15, -0.1) is 11.3 Å². The third-order valence-electron chi connectivity index (χ3n) is 4.72. The van der Waals surface area contributed by atoms with Gasteiger partial charge in [0.15, 0.2) is 0 Å². The molecule has 0 amide bonds. The van der Waals surface area contributed by atoms with Crippen LogP contribution in [0.1, 0.15) is 10.4 Å². The van der Waals surface area contributed by atoms with E-state index < -0.39 is 0 Å². The van der Waals surface area contributed by atoms with Crippen LogP contribution >= 0.6 is 11.3 Å². The molecule has 8 nitrogen and oxygen atoms in total. The minimum atomic E-state index is 0.582. The van der Waals surface area contributed by atoms with Gasteiger partial charge in [-0.3, -0.25) is 0 Å². The maximum atomic E-state index is 5.50. The first kappa shape index (κ1) is 13.6. The SMILES string of the molecule is C[NH+]1CCc2c(sc3c2c(N2CCOCC2)nc2nnnn23)C1. The Kier molecular flexibility index (Phi) is 3.00. The summed E-state index contributed by atoms with van der Waals surface area (Å²) in [5, 5.41) is 13.3. The number of hydrogen-bond acceptors (Lipinski definition) is 7. The van der Waals surface area contributed by atoms with E-state index in [2.05, 4.69) is 27.5 Å². The van der Waals surface area contributed by atoms with E-state index in [9.17, 15) is 0 Å². The van der Waals surface area contributed by atoms with Gasteiger partial charge in [-0.05, 0) is 16.0 Å². The molecule has 5 rings (SSSR count). The fourth-order valence-electron chi connectivity index (χ4n) is 3.52. The van der Waals surface area contributed by atoms with Crippen molar-refractivity contribution in [3.05, 3.63) is 10.4 Å². The summed E-state index contributed by atoms with van der Waals surface area (Å²) in [6, 6.07) is 0. The molecule has 0 spiro atoms. The maximum absolute atomic E-state index is 5.50. The Morgan fingerprint density at radius 1 is 1.26 bits per heavy atom. The van der Waals surface area contributed by atoms with E-state index in [1.54, 1.807) is 9.42 Å². The summed E-state index contributed by atoms with van der Waals surface area (Å²) in [6.07, 6.45) is 1.09. The van der Waals surface area contributed by atoms with Crippen molar-refractivity contribution in [1.82, 2.24) is 25.0 Å². The van der Waals surface area contributed by atoms with Crippen molar-refractivity contribution in [3.8, 4) is 0 Å². The van der Waals surface area contributed by atoms with Crippen LogP contribution in [0.4, 0.5) is 5.82 Å². The second-order valence-electron chi connectivity index (χ2n) is 6.24. The number of rotatable bonds is 1. The first-order chi connectivity index (χ1) is 11.3. The van der Waals surface area contributed by atoms with E-state index in [4.69, 9.17) is 9.72 Å². The topological polar surface area (TPSA) is 72.9 Å². The van der Waals surface area contributed by atoms with Gasteiger partial charge < -0.3 is 14.5 Å². The number of anilines is 1. The van der Waals surface area contributed by atoms with Crippen LogP contribution in [0.2, 0.25) is 0 Å². The average molecular weight is 332 g/mol. The Morgan fingerprint density at radius 2 is 2.13 bits per heavy atom. The number of aromatic nitrogens is 5. The number of tetrazole rings is 1. The van der Waals surface area contributed by atoms with Crippen LogP contribution in [0.3, 0.4) is 0 Å². The molecular formula is C14H18N7OS+. The summed E-state index contributed by atoms with van der Waals surface area (Å²) in [7, 11) is 2.25. The van der Waals surface area contributed by atoms with E-state index in [0.29, 0.717) is 5.78 Å². The molecule has 2 aliphatic heterocycles. The first-order valence-corrected chi connectivity index (χ1v) is 8.79. The van der Waals surface area contributed by atoms with Gasteiger partial charge in [-0.2, -0.15) is 9.50 Å². The van der Waals surface area contributed by atoms with Gasteiger partial charge in [0, 0.05) is 19.5 Å². The van der Waals surface area contributed by atoms with Crippen LogP contribution in [-0.2, 0) is 17.7 Å². The lowest BCUT2D eigenvalue weighted by molar-refractivity contribution is -0.895. The Bertz CT molecular complexity index is 882. The average Bonchev–Trinajstić information content (AvgIpc) is 3.18. The molecule has 3 aromatic rings. The molecule has 0 aromatic carbocycles. The highest BCUT2D eigenvalue weighted by molar-refractivity contribution is 7.19. The zero-order valence-corrected chi connectivity index (χ0v) is 13.8. The molecule has 9 heteroatoms. The van der Waals surface area contributed by atoms with Gasteiger partial charge in [0.05, 0.1) is 37.1 Å². The Morgan fingerprint density at radius 3 is 3.00 bits per heavy atom. The zero-order chi connectivity index (χ0) is 15.4. The molecule has 0 radical (unpaired) electrons. The maximum Gasteiger partial charge on any atom is 0.276 e. The minimum absolute atomic E-state index is 0.582. The van der Waals surface area contributed by atoms with Crippen molar-refractivity contribution in [3.63, 3.8) is 0 Å². The quantitative estimate of drug-likeness (QED) is 0.625. The van der Waals surface area contributed by atoms with E-state index >= 15 is 0 Å². The van der Waals surface area contributed by atoms with Crippen molar-refractivity contribution in [2.24, 2.45) is 0 Å². The monoisotopic (exact) mass is 332 g/mol. The summed E-state index contributed by atoms with van der Waals surface area (Å²) in [5.74, 6) is 1.61. The standard InChI is InChI=1S/C14H17N7OS/c1-19-3-2-9-10(8-19)23-13-11(9)12(20-4-6-22-7-5-20)15-14-16-17-18-21(13)14/h2-8H2,1H3/p+1. The molecule has 1 unspecified atom stereocenters. The molecule has 120 valence electrons. The molecule has 1 atom stereocenters. The lowest BCUT2D eigenvalue weighted by atomic mass is 10.1. The Hall–Kier alpha value is -1.84. The predicted molar refractivity (Wildman–Crippen MR) is 86.2 cm³/mol. The van der Waals surface area contributed by atoms with Crippen molar-refractivity contribution >= 4 is 33.1 Å². The van der Waals surface area contributed by atoms with E-state index in [-0.39, 0.29) is 0 Å². The minimum Gasteiger partial charge on any atom is -0.378 e. The van der Waals surface area contributed by atoms with Crippen LogP contribution in [0.25, 0.3) is 16.0 Å². The number of hydrogen-bond donors (Lipinski definition) is 1. The van der Waals surface area contributed by atoms with Gasteiger partial charge in [0.2, 0.25) is 0 Å². The molecule has 0 aliphatic carbocycles. The number of ether oxygens (including phenoxy) is 1. The first-order valence-electron chi connectivity index (χ1n) is 7.97. The zero-order valence-electron chi connectivity index (χ0n) is 12.9. The summed E-state index contributed by atoms with van der Waals surface area (Å²) in [5.41, 5.74) is 1.45. The summed E-state index contributed by atoms with van der Waals surface area (Å²) < 4.78 is 7.29. The number of nitrogens with one attached hydrogen (secondary N) is 1. The van der Waals surface area contributed by atoms with E-state index in [1.807, 2.05) is 11.3 Å². The van der Waals surface area contributed by atoms with Crippen molar-refractivity contribution in [1.29, 1.82) is 0 Å². The lowest BCUT2D eigenvalue weighted by Gasteiger charge is -2.29. The van der Waals surface area contributed by atoms with E-state index in [0.717, 1.165) is 56.5 Å². The molecule has 5 heterocycles. The highest BCUT2D eigenvalue weighted by Crippen LogP contribution is 2.37. The number of fused-ring (bicyclic) bond motifs is 5. The van der Waals surface area contributed by atoms with E-state index in [1.165, 1.54) is 15.8 Å². The molecule has 23 heavy (non-hydrogen) atoms. The highest BCUT2D eigenvalue weighted by atomic mass is 32.1. The fraction of sp³-hybridized carbons (Fsp3) is 0.571. The van der Waals surface area contributed by atoms with Crippen LogP contribution < -0.4 is 9.80 Å². The Balaban J connectivity index is 1.80. The van der Waals surface area contributed by atoms with Gasteiger partial charge in [-0.1, -0.05) is 5.10 Å². The van der Waals surface area contributed by atoms with Crippen LogP contribution in [0, 0.1) is 0 Å². The smallest absolute Gasteiger partial charge is 0.276 e. The number of likely N-dealkylation sites (N-methyl/N-ethyl adjacent to an activating group) is 1. The third-order valence-corrected chi connectivity index (χ3v) is 5.93. The number of quaternary nitrogens is 1. The second kappa shape index (κ2) is 5.08. The van der Waals surface area contributed by atoms with Crippen LogP contribution in [0.5, 0.6) is 0 Å². The molecular weight excluding hydrogens is 314 g/mol. The van der Waals surface area contributed by atoms with Gasteiger partial charge in [0.1, 0.15) is 17.2 Å². The highest BCUT2D eigenvalue weighted by Gasteiger charge is 2.28. The molecule has 0 saturated carbocycles. The normalized spacial score (nSPS) is 22.0. The molecule has 3 aromatic heterocycles. The van der Waals surface area contributed by atoms with Gasteiger partial charge >= 0.3 is 0 Å². The fourth-order valence-corrected chi connectivity index (χ4v) is 4.92. The molecule has 0 bridgehead atoms. The number of nitrogens with zero attached hydrogens (tertiary/aromatic N) is 6. The van der Waals surface area contributed by atoms with Crippen molar-refractivity contribution in [2.75, 3.05) is 44.8 Å². The summed E-state index contributed by atoms with van der Waals surface area (Å²) >= 11 is 1.82. The molecule has 2 aliphatic rings. The predicted octanol–water partition coefficient (Wildman–Crippen LogP) is -0.859.